The monoisotopic (exact) mass is 395 g/mol. The Labute approximate surface area is 169 Å². The van der Waals surface area contributed by atoms with Crippen molar-refractivity contribution in [3.05, 3.63) is 53.9 Å². The topological polar surface area (TPSA) is 94.6 Å². The Morgan fingerprint density at radius 2 is 1.69 bits per heavy atom. The van der Waals surface area contributed by atoms with Crippen LogP contribution >= 0.6 is 0 Å². The number of carbonyl (C=O) groups excluding carboxylic acids is 3. The van der Waals surface area contributed by atoms with E-state index in [1.165, 1.54) is 19.2 Å². The van der Waals surface area contributed by atoms with Crippen LogP contribution < -0.4 is 10.6 Å². The maximum Gasteiger partial charge on any atom is 0.272 e. The number of nitrogens with zero attached hydrogens (tertiary/aromatic N) is 3. The van der Waals surface area contributed by atoms with Crippen LogP contribution in [0.3, 0.4) is 0 Å². The fourth-order valence-corrected chi connectivity index (χ4v) is 3.20. The van der Waals surface area contributed by atoms with Gasteiger partial charge in [0, 0.05) is 56.2 Å². The first-order valence-corrected chi connectivity index (χ1v) is 9.63. The van der Waals surface area contributed by atoms with Gasteiger partial charge in [0.15, 0.2) is 0 Å². The van der Waals surface area contributed by atoms with Gasteiger partial charge in [0.25, 0.3) is 11.8 Å². The summed E-state index contributed by atoms with van der Waals surface area (Å²) < 4.78 is 0. The largest absolute Gasteiger partial charge is 0.335 e. The van der Waals surface area contributed by atoms with E-state index in [1.807, 2.05) is 0 Å². The minimum Gasteiger partial charge on any atom is -0.335 e. The lowest BCUT2D eigenvalue weighted by atomic mass is 10.2. The molecular formula is C21H25N5O3. The summed E-state index contributed by atoms with van der Waals surface area (Å²) >= 11 is 0. The number of amides is 3. The van der Waals surface area contributed by atoms with Gasteiger partial charge in [0.1, 0.15) is 5.69 Å². The van der Waals surface area contributed by atoms with E-state index in [9.17, 15) is 14.4 Å². The molecule has 2 aromatic rings. The molecule has 0 radical (unpaired) electrons. The van der Waals surface area contributed by atoms with Crippen molar-refractivity contribution in [2.24, 2.45) is 0 Å². The lowest BCUT2D eigenvalue weighted by Gasteiger charge is -2.33. The van der Waals surface area contributed by atoms with Gasteiger partial charge in [0.05, 0.1) is 0 Å². The van der Waals surface area contributed by atoms with Crippen molar-refractivity contribution >= 4 is 29.1 Å². The zero-order valence-corrected chi connectivity index (χ0v) is 16.6. The summed E-state index contributed by atoms with van der Waals surface area (Å²) in [5.74, 6) is -0.703. The van der Waals surface area contributed by atoms with Crippen molar-refractivity contribution in [1.29, 1.82) is 0 Å². The first-order valence-electron chi connectivity index (χ1n) is 9.63. The lowest BCUT2D eigenvalue weighted by Crippen LogP contribution is -2.48. The van der Waals surface area contributed by atoms with E-state index in [4.69, 9.17) is 0 Å². The van der Waals surface area contributed by atoms with E-state index in [-0.39, 0.29) is 23.4 Å². The van der Waals surface area contributed by atoms with Crippen molar-refractivity contribution in [1.82, 2.24) is 14.8 Å². The number of pyridine rings is 1. The second kappa shape index (κ2) is 9.29. The number of anilines is 2. The Morgan fingerprint density at radius 1 is 1.00 bits per heavy atom. The van der Waals surface area contributed by atoms with Crippen molar-refractivity contribution in [2.75, 3.05) is 43.4 Å². The Hall–Kier alpha value is -3.26. The zero-order valence-electron chi connectivity index (χ0n) is 16.6. The molecule has 152 valence electrons. The van der Waals surface area contributed by atoms with Crippen LogP contribution in [0.1, 0.15) is 34.7 Å². The van der Waals surface area contributed by atoms with Crippen LogP contribution in [0, 0.1) is 0 Å². The molecule has 3 rings (SSSR count). The number of benzene rings is 1. The standard InChI is InChI=1S/C21H25N5O3/c1-3-25-9-11-26(12-10-25)21(29)19-13-16(7-8-22-19)20(28)24-18-6-4-5-17(14-18)23-15(2)27/h4-8,13-14H,3,9-12H2,1-2H3,(H,23,27)(H,24,28). The molecule has 0 unspecified atom stereocenters. The van der Waals surface area contributed by atoms with Gasteiger partial charge in [-0.2, -0.15) is 0 Å². The van der Waals surface area contributed by atoms with Crippen LogP contribution in [-0.2, 0) is 4.79 Å². The number of aromatic nitrogens is 1. The second-order valence-electron chi connectivity index (χ2n) is 6.87. The Bertz CT molecular complexity index is 907. The molecule has 0 saturated carbocycles. The number of carbonyl (C=O) groups is 3. The van der Waals surface area contributed by atoms with Crippen molar-refractivity contribution in [3.8, 4) is 0 Å². The number of nitrogens with one attached hydrogen (secondary N) is 2. The highest BCUT2D eigenvalue weighted by Crippen LogP contribution is 2.17. The molecule has 2 N–H and O–H groups in total. The molecule has 1 aliphatic rings. The normalized spacial score (nSPS) is 14.3. The predicted molar refractivity (Wildman–Crippen MR) is 111 cm³/mol. The summed E-state index contributed by atoms with van der Waals surface area (Å²) in [6.07, 6.45) is 1.47. The third-order valence-corrected chi connectivity index (χ3v) is 4.79. The number of piperazine rings is 1. The Morgan fingerprint density at radius 3 is 2.34 bits per heavy atom. The third-order valence-electron chi connectivity index (χ3n) is 4.79. The maximum atomic E-state index is 12.7. The summed E-state index contributed by atoms with van der Waals surface area (Å²) in [5.41, 5.74) is 1.74. The average Bonchev–Trinajstić information content (AvgIpc) is 2.73. The Balaban J connectivity index is 1.68. The number of rotatable bonds is 5. The second-order valence-corrected chi connectivity index (χ2v) is 6.87. The molecule has 1 saturated heterocycles. The van der Waals surface area contributed by atoms with E-state index < -0.39 is 0 Å². The van der Waals surface area contributed by atoms with Crippen LogP contribution in [0.15, 0.2) is 42.6 Å². The molecule has 1 aromatic heterocycles. The minimum atomic E-state index is -0.350. The number of likely N-dealkylation sites (N-methyl/N-ethyl adjacent to an activating group) is 1. The highest BCUT2D eigenvalue weighted by atomic mass is 16.2. The third kappa shape index (κ3) is 5.39. The van der Waals surface area contributed by atoms with E-state index >= 15 is 0 Å². The van der Waals surface area contributed by atoms with Crippen LogP contribution in [0.4, 0.5) is 11.4 Å². The molecule has 8 heteroatoms. The van der Waals surface area contributed by atoms with Crippen LogP contribution in [-0.4, -0.2) is 65.2 Å². The summed E-state index contributed by atoms with van der Waals surface area (Å²) in [4.78, 5) is 44.8. The van der Waals surface area contributed by atoms with Crippen LogP contribution in [0.2, 0.25) is 0 Å². The first-order chi connectivity index (χ1) is 14.0. The molecule has 0 aliphatic carbocycles. The van der Waals surface area contributed by atoms with E-state index in [2.05, 4.69) is 27.4 Å². The van der Waals surface area contributed by atoms with Crippen molar-refractivity contribution in [2.45, 2.75) is 13.8 Å². The van der Waals surface area contributed by atoms with E-state index in [0.29, 0.717) is 30.0 Å². The van der Waals surface area contributed by atoms with Gasteiger partial charge < -0.3 is 20.4 Å². The summed E-state index contributed by atoms with van der Waals surface area (Å²) in [6.45, 7) is 7.48. The van der Waals surface area contributed by atoms with Crippen LogP contribution in [0.5, 0.6) is 0 Å². The van der Waals surface area contributed by atoms with Gasteiger partial charge in [-0.3, -0.25) is 19.4 Å². The van der Waals surface area contributed by atoms with Gasteiger partial charge in [-0.05, 0) is 36.9 Å². The predicted octanol–water partition coefficient (Wildman–Crippen LogP) is 2.07. The van der Waals surface area contributed by atoms with Gasteiger partial charge in [-0.25, -0.2) is 0 Å². The van der Waals surface area contributed by atoms with Gasteiger partial charge >= 0.3 is 0 Å². The molecule has 1 aromatic carbocycles. The minimum absolute atomic E-state index is 0.164. The molecule has 2 heterocycles. The summed E-state index contributed by atoms with van der Waals surface area (Å²) in [5, 5.41) is 5.45. The highest BCUT2D eigenvalue weighted by Gasteiger charge is 2.23. The molecule has 0 atom stereocenters. The summed E-state index contributed by atoms with van der Waals surface area (Å²) in [7, 11) is 0. The molecule has 29 heavy (non-hydrogen) atoms. The fraction of sp³-hybridized carbons (Fsp3) is 0.333. The van der Waals surface area contributed by atoms with Crippen molar-refractivity contribution in [3.63, 3.8) is 0 Å². The highest BCUT2D eigenvalue weighted by molar-refractivity contribution is 6.06. The van der Waals surface area contributed by atoms with Gasteiger partial charge in [-0.15, -0.1) is 0 Å². The van der Waals surface area contributed by atoms with Crippen molar-refractivity contribution < 1.29 is 14.4 Å². The van der Waals surface area contributed by atoms with Crippen LogP contribution in [0.25, 0.3) is 0 Å². The molecule has 0 bridgehead atoms. The molecule has 0 spiro atoms. The average molecular weight is 395 g/mol. The zero-order chi connectivity index (χ0) is 20.8. The molecule has 8 nitrogen and oxygen atoms in total. The van der Waals surface area contributed by atoms with Gasteiger partial charge in [0.2, 0.25) is 5.91 Å². The van der Waals surface area contributed by atoms with E-state index in [1.54, 1.807) is 35.2 Å². The smallest absolute Gasteiger partial charge is 0.272 e. The lowest BCUT2D eigenvalue weighted by molar-refractivity contribution is -0.114. The molecular weight excluding hydrogens is 370 g/mol. The van der Waals surface area contributed by atoms with Gasteiger partial charge in [-0.1, -0.05) is 13.0 Å². The maximum absolute atomic E-state index is 12.7. The first kappa shape index (κ1) is 20.5. The quantitative estimate of drug-likeness (QED) is 0.808. The summed E-state index contributed by atoms with van der Waals surface area (Å²) in [6, 6.07) is 9.95. The fourth-order valence-electron chi connectivity index (χ4n) is 3.20. The SMILES string of the molecule is CCN1CCN(C(=O)c2cc(C(=O)Nc3cccc(NC(C)=O)c3)ccn2)CC1. The number of hydrogen-bond acceptors (Lipinski definition) is 5. The molecule has 1 fully saturated rings. The number of hydrogen-bond donors (Lipinski definition) is 2. The molecule has 1 aliphatic heterocycles. The molecule has 3 amide bonds. The Kier molecular flexibility index (Phi) is 6.56. The van der Waals surface area contributed by atoms with E-state index in [0.717, 1.165) is 19.6 Å².